The Hall–Kier alpha value is -4.23. The van der Waals surface area contributed by atoms with Crippen LogP contribution >= 0.6 is 11.8 Å². The Balaban J connectivity index is 1.47. The summed E-state index contributed by atoms with van der Waals surface area (Å²) in [7, 11) is 0. The van der Waals surface area contributed by atoms with Gasteiger partial charge in [-0.25, -0.2) is 4.39 Å². The molecule has 1 aliphatic heterocycles. The van der Waals surface area contributed by atoms with E-state index in [4.69, 9.17) is 0 Å². The number of hydrogen-bond donors (Lipinski definition) is 1. The van der Waals surface area contributed by atoms with Crippen molar-refractivity contribution in [3.05, 3.63) is 130 Å². The highest BCUT2D eigenvalue weighted by atomic mass is 32.2. The van der Waals surface area contributed by atoms with E-state index in [1.54, 1.807) is 35.4 Å². The summed E-state index contributed by atoms with van der Waals surface area (Å²) in [4.78, 5) is 33.8. The van der Waals surface area contributed by atoms with Crippen molar-refractivity contribution < 1.29 is 14.0 Å². The van der Waals surface area contributed by atoms with Crippen molar-refractivity contribution in [2.75, 3.05) is 4.90 Å². The number of benzene rings is 3. The van der Waals surface area contributed by atoms with Gasteiger partial charge in [0.2, 0.25) is 0 Å². The predicted octanol–water partition coefficient (Wildman–Crippen LogP) is 5.83. The van der Waals surface area contributed by atoms with Crippen LogP contribution in [0.5, 0.6) is 0 Å². The van der Waals surface area contributed by atoms with Gasteiger partial charge in [-0.2, -0.15) is 0 Å². The van der Waals surface area contributed by atoms with E-state index in [1.165, 1.54) is 23.9 Å². The van der Waals surface area contributed by atoms with Crippen molar-refractivity contribution in [3.63, 3.8) is 0 Å². The molecular weight excluding hydrogens is 473 g/mol. The number of rotatable bonds is 6. The van der Waals surface area contributed by atoms with E-state index in [1.807, 2.05) is 60.7 Å². The molecule has 0 aliphatic carbocycles. The highest BCUT2D eigenvalue weighted by Gasteiger charge is 2.30. The summed E-state index contributed by atoms with van der Waals surface area (Å²) < 4.78 is 13.5. The Kier molecular flexibility index (Phi) is 6.91. The number of thioether (sulfide) groups is 1. The number of amides is 2. The number of halogens is 1. The molecule has 2 amide bonds. The molecule has 0 fully saturated rings. The Morgan fingerprint density at radius 3 is 2.50 bits per heavy atom. The molecule has 5 rings (SSSR count). The first kappa shape index (κ1) is 23.5. The number of nitrogens with one attached hydrogen (secondary N) is 1. The lowest BCUT2D eigenvalue weighted by molar-refractivity contribution is -0.114. The lowest BCUT2D eigenvalue weighted by atomic mass is 10.1. The SMILES string of the molecule is O=C(NCc1ccccn1)c1ccc2c(c1)N(Cc1ccc(F)cc1)C(=O)/C(=C/c1ccccc1)S2. The zero-order valence-corrected chi connectivity index (χ0v) is 20.0. The first-order valence-electron chi connectivity index (χ1n) is 11.4. The molecular formula is C29H22FN3O2S. The van der Waals surface area contributed by atoms with Crippen LogP contribution in [0, 0.1) is 5.82 Å². The Morgan fingerprint density at radius 2 is 1.75 bits per heavy atom. The Bertz CT molecular complexity index is 1420. The fourth-order valence-corrected chi connectivity index (χ4v) is 4.90. The molecule has 3 aromatic carbocycles. The molecule has 0 radical (unpaired) electrons. The maximum Gasteiger partial charge on any atom is 0.265 e. The minimum Gasteiger partial charge on any atom is -0.346 e. The van der Waals surface area contributed by atoms with E-state index in [0.29, 0.717) is 22.7 Å². The fourth-order valence-electron chi connectivity index (χ4n) is 3.86. The van der Waals surface area contributed by atoms with Gasteiger partial charge in [-0.15, -0.1) is 0 Å². The number of nitrogens with zero attached hydrogens (tertiary/aromatic N) is 2. The molecule has 7 heteroatoms. The van der Waals surface area contributed by atoms with Gasteiger partial charge in [0.05, 0.1) is 29.4 Å². The molecule has 1 aliphatic rings. The quantitative estimate of drug-likeness (QED) is 0.342. The Morgan fingerprint density at radius 1 is 0.972 bits per heavy atom. The molecule has 0 unspecified atom stereocenters. The van der Waals surface area contributed by atoms with E-state index in [9.17, 15) is 14.0 Å². The summed E-state index contributed by atoms with van der Waals surface area (Å²) in [6.07, 6.45) is 3.54. The van der Waals surface area contributed by atoms with Crippen LogP contribution in [0.15, 0.2) is 107 Å². The molecule has 36 heavy (non-hydrogen) atoms. The van der Waals surface area contributed by atoms with E-state index in [2.05, 4.69) is 10.3 Å². The Labute approximate surface area is 212 Å². The van der Waals surface area contributed by atoms with Crippen molar-refractivity contribution in [1.82, 2.24) is 10.3 Å². The van der Waals surface area contributed by atoms with Gasteiger partial charge in [0.15, 0.2) is 0 Å². The number of carbonyl (C=O) groups is 2. The van der Waals surface area contributed by atoms with Crippen molar-refractivity contribution in [1.29, 1.82) is 0 Å². The third kappa shape index (κ3) is 5.37. The third-order valence-electron chi connectivity index (χ3n) is 5.70. The van der Waals surface area contributed by atoms with E-state index in [-0.39, 0.29) is 24.2 Å². The summed E-state index contributed by atoms with van der Waals surface area (Å²) in [5.41, 5.74) is 3.54. The van der Waals surface area contributed by atoms with Crippen molar-refractivity contribution in [2.45, 2.75) is 18.0 Å². The molecule has 0 saturated carbocycles. The highest BCUT2D eigenvalue weighted by molar-refractivity contribution is 8.04. The number of fused-ring (bicyclic) bond motifs is 1. The molecule has 0 spiro atoms. The fraction of sp³-hybridized carbons (Fsp3) is 0.0690. The first-order valence-corrected chi connectivity index (χ1v) is 12.2. The second kappa shape index (κ2) is 10.6. The molecule has 1 N–H and O–H groups in total. The zero-order valence-electron chi connectivity index (χ0n) is 19.2. The molecule has 4 aromatic rings. The lowest BCUT2D eigenvalue weighted by Gasteiger charge is -2.31. The summed E-state index contributed by atoms with van der Waals surface area (Å²) in [6.45, 7) is 0.547. The first-order chi connectivity index (χ1) is 17.6. The van der Waals surface area contributed by atoms with Crippen LogP contribution in [-0.2, 0) is 17.9 Å². The maximum absolute atomic E-state index is 13.6. The van der Waals surface area contributed by atoms with Crippen molar-refractivity contribution in [3.8, 4) is 0 Å². The molecule has 0 atom stereocenters. The number of aromatic nitrogens is 1. The summed E-state index contributed by atoms with van der Waals surface area (Å²) in [5, 5.41) is 2.88. The van der Waals surface area contributed by atoms with Gasteiger partial charge in [0.25, 0.3) is 11.8 Å². The maximum atomic E-state index is 13.6. The van der Waals surface area contributed by atoms with Gasteiger partial charge in [0, 0.05) is 16.7 Å². The van der Waals surface area contributed by atoms with Crippen molar-refractivity contribution >= 4 is 35.3 Å². The molecule has 0 saturated heterocycles. The van der Waals surface area contributed by atoms with Gasteiger partial charge < -0.3 is 10.2 Å². The van der Waals surface area contributed by atoms with Gasteiger partial charge in [-0.05, 0) is 59.7 Å². The van der Waals surface area contributed by atoms with Gasteiger partial charge in [0.1, 0.15) is 5.82 Å². The normalized spacial score (nSPS) is 14.0. The number of pyridine rings is 1. The smallest absolute Gasteiger partial charge is 0.265 e. The third-order valence-corrected chi connectivity index (χ3v) is 6.77. The largest absolute Gasteiger partial charge is 0.346 e. The van der Waals surface area contributed by atoms with Crippen molar-refractivity contribution in [2.24, 2.45) is 0 Å². The second-order valence-corrected chi connectivity index (χ2v) is 9.31. The lowest BCUT2D eigenvalue weighted by Crippen LogP contribution is -2.34. The van der Waals surface area contributed by atoms with E-state index < -0.39 is 0 Å². The summed E-state index contributed by atoms with van der Waals surface area (Å²) in [5.74, 6) is -0.767. The van der Waals surface area contributed by atoms with Crippen LogP contribution in [0.1, 0.15) is 27.2 Å². The summed E-state index contributed by atoms with van der Waals surface area (Å²) >= 11 is 1.38. The minimum absolute atomic E-state index is 0.174. The molecule has 5 nitrogen and oxygen atoms in total. The summed E-state index contributed by atoms with van der Waals surface area (Å²) in [6, 6.07) is 26.6. The highest BCUT2D eigenvalue weighted by Crippen LogP contribution is 2.43. The molecule has 0 bridgehead atoms. The van der Waals surface area contributed by atoms with Crippen LogP contribution < -0.4 is 10.2 Å². The number of anilines is 1. The van der Waals surface area contributed by atoms with E-state index >= 15 is 0 Å². The number of hydrogen-bond acceptors (Lipinski definition) is 4. The monoisotopic (exact) mass is 495 g/mol. The zero-order chi connectivity index (χ0) is 24.9. The van der Waals surface area contributed by atoms with Gasteiger partial charge >= 0.3 is 0 Å². The standard InChI is InChI=1S/C29H22FN3O2S/c30-23-12-9-21(10-13-23)19-33-25-17-22(28(34)32-18-24-8-4-5-15-31-24)11-14-26(25)36-27(29(33)35)16-20-6-2-1-3-7-20/h1-17H,18-19H2,(H,32,34)/b27-16-. The van der Waals surface area contributed by atoms with Gasteiger partial charge in [-0.1, -0.05) is 60.3 Å². The number of carbonyl (C=O) groups excluding carboxylic acids is 2. The predicted molar refractivity (Wildman–Crippen MR) is 140 cm³/mol. The second-order valence-electron chi connectivity index (χ2n) is 8.23. The van der Waals surface area contributed by atoms with E-state index in [0.717, 1.165) is 21.7 Å². The molecule has 178 valence electrons. The average Bonchev–Trinajstić information content (AvgIpc) is 2.91. The minimum atomic E-state index is -0.337. The van der Waals surface area contributed by atoms with Crippen LogP contribution in [0.3, 0.4) is 0 Å². The average molecular weight is 496 g/mol. The molecule has 2 heterocycles. The topological polar surface area (TPSA) is 62.3 Å². The van der Waals surface area contributed by atoms with Crippen LogP contribution in [0.4, 0.5) is 10.1 Å². The van der Waals surface area contributed by atoms with Crippen LogP contribution in [-0.4, -0.2) is 16.8 Å². The van der Waals surface area contributed by atoms with Crippen LogP contribution in [0.2, 0.25) is 0 Å². The van der Waals surface area contributed by atoms with Gasteiger partial charge in [-0.3, -0.25) is 14.6 Å². The molecule has 1 aromatic heterocycles. The van der Waals surface area contributed by atoms with Crippen LogP contribution in [0.25, 0.3) is 6.08 Å².